The van der Waals surface area contributed by atoms with Crippen LogP contribution in [0.15, 0.2) is 35.7 Å². The molecule has 0 aliphatic heterocycles. The Morgan fingerprint density at radius 3 is 2.85 bits per heavy atom. The summed E-state index contributed by atoms with van der Waals surface area (Å²) in [5.41, 5.74) is 0.411. The van der Waals surface area contributed by atoms with E-state index in [0.29, 0.717) is 5.69 Å². The number of carboxylic acid groups (broad SMARTS) is 1. The highest BCUT2D eigenvalue weighted by Crippen LogP contribution is 2.29. The van der Waals surface area contributed by atoms with Gasteiger partial charge in [-0.25, -0.2) is 9.18 Å². The molecule has 2 aromatic rings. The Morgan fingerprint density at radius 1 is 1.45 bits per heavy atom. The average Bonchev–Trinajstić information content (AvgIpc) is 2.93. The first-order valence-corrected chi connectivity index (χ1v) is 7.32. The molecule has 0 saturated heterocycles. The minimum absolute atomic E-state index is 0.0392. The zero-order valence-electron chi connectivity index (χ0n) is 11.1. The fourth-order valence-electron chi connectivity index (χ4n) is 2.07. The smallest absolute Gasteiger partial charge is 0.337 e. The van der Waals surface area contributed by atoms with Crippen LogP contribution >= 0.6 is 11.3 Å². The van der Waals surface area contributed by atoms with Crippen molar-refractivity contribution in [1.29, 1.82) is 0 Å². The summed E-state index contributed by atoms with van der Waals surface area (Å²) >= 11 is 1.62. The fourth-order valence-corrected chi connectivity index (χ4v) is 2.88. The van der Waals surface area contributed by atoms with E-state index in [2.05, 4.69) is 12.2 Å². The van der Waals surface area contributed by atoms with Gasteiger partial charge in [-0.1, -0.05) is 19.4 Å². The number of rotatable bonds is 6. The number of carbonyl (C=O) groups is 1. The molecule has 0 aliphatic carbocycles. The third-order valence-corrected chi connectivity index (χ3v) is 3.99. The Hall–Kier alpha value is -1.88. The Kier molecular flexibility index (Phi) is 4.74. The molecule has 0 saturated carbocycles. The van der Waals surface area contributed by atoms with Crippen molar-refractivity contribution >= 4 is 23.0 Å². The second kappa shape index (κ2) is 6.52. The number of hydrogen-bond donors (Lipinski definition) is 2. The second-order valence-corrected chi connectivity index (χ2v) is 5.48. The van der Waals surface area contributed by atoms with Gasteiger partial charge >= 0.3 is 5.97 Å². The van der Waals surface area contributed by atoms with Crippen molar-refractivity contribution in [3.8, 4) is 0 Å². The molecule has 1 heterocycles. The third-order valence-electron chi connectivity index (χ3n) is 3.01. The molecule has 0 bridgehead atoms. The van der Waals surface area contributed by atoms with Crippen LogP contribution in [0, 0.1) is 5.82 Å². The van der Waals surface area contributed by atoms with E-state index in [0.717, 1.165) is 23.8 Å². The second-order valence-electron chi connectivity index (χ2n) is 4.50. The van der Waals surface area contributed by atoms with Crippen LogP contribution in [0.1, 0.15) is 41.0 Å². The van der Waals surface area contributed by atoms with E-state index < -0.39 is 11.8 Å². The van der Waals surface area contributed by atoms with Crippen LogP contribution in [-0.4, -0.2) is 11.1 Å². The van der Waals surface area contributed by atoms with E-state index >= 15 is 0 Å². The largest absolute Gasteiger partial charge is 0.478 e. The van der Waals surface area contributed by atoms with Crippen molar-refractivity contribution in [1.82, 2.24) is 0 Å². The molecule has 0 fully saturated rings. The number of thiophene rings is 1. The summed E-state index contributed by atoms with van der Waals surface area (Å²) in [5, 5.41) is 14.4. The summed E-state index contributed by atoms with van der Waals surface area (Å²) in [6.45, 7) is 2.07. The summed E-state index contributed by atoms with van der Waals surface area (Å²) < 4.78 is 13.2. The van der Waals surface area contributed by atoms with Gasteiger partial charge in [0.05, 0.1) is 11.6 Å². The van der Waals surface area contributed by atoms with Crippen LogP contribution in [0.2, 0.25) is 0 Å². The molecule has 3 nitrogen and oxygen atoms in total. The maximum absolute atomic E-state index is 13.2. The van der Waals surface area contributed by atoms with Gasteiger partial charge < -0.3 is 10.4 Å². The molecule has 2 N–H and O–H groups in total. The predicted molar refractivity (Wildman–Crippen MR) is 79.0 cm³/mol. The van der Waals surface area contributed by atoms with Gasteiger partial charge in [-0.3, -0.25) is 0 Å². The molecule has 0 aliphatic rings. The van der Waals surface area contributed by atoms with E-state index in [1.165, 1.54) is 12.1 Å². The average molecular weight is 293 g/mol. The molecule has 1 aromatic carbocycles. The van der Waals surface area contributed by atoms with Crippen LogP contribution in [0.3, 0.4) is 0 Å². The fraction of sp³-hybridized carbons (Fsp3) is 0.267. The minimum atomic E-state index is -1.13. The summed E-state index contributed by atoms with van der Waals surface area (Å²) in [4.78, 5) is 12.3. The van der Waals surface area contributed by atoms with Gasteiger partial charge in [0.25, 0.3) is 0 Å². The highest BCUT2D eigenvalue weighted by molar-refractivity contribution is 7.10. The maximum atomic E-state index is 13.2. The number of hydrogen-bond acceptors (Lipinski definition) is 3. The first-order chi connectivity index (χ1) is 9.61. The molecule has 0 spiro atoms. The summed E-state index contributed by atoms with van der Waals surface area (Å²) in [5.74, 6) is -1.68. The number of anilines is 1. The molecule has 20 heavy (non-hydrogen) atoms. The van der Waals surface area contributed by atoms with E-state index in [4.69, 9.17) is 5.11 Å². The molecular weight excluding hydrogens is 277 g/mol. The molecule has 5 heteroatoms. The highest BCUT2D eigenvalue weighted by atomic mass is 32.1. The van der Waals surface area contributed by atoms with Crippen LogP contribution < -0.4 is 5.32 Å². The lowest BCUT2D eigenvalue weighted by molar-refractivity contribution is 0.0697. The number of aromatic carboxylic acids is 1. The Balaban J connectivity index is 2.29. The summed E-state index contributed by atoms with van der Waals surface area (Å²) in [6, 6.07) is 7.82. The zero-order chi connectivity index (χ0) is 14.5. The van der Waals surface area contributed by atoms with Gasteiger partial charge in [0.2, 0.25) is 0 Å². The standard InChI is InChI=1S/C15H16FNO2S/c1-2-4-13(14-5-3-8-20-14)17-12-7-6-10(16)9-11(12)15(18)19/h3,5-9,13,17H,2,4H2,1H3,(H,18,19). The summed E-state index contributed by atoms with van der Waals surface area (Å²) in [7, 11) is 0. The highest BCUT2D eigenvalue weighted by Gasteiger charge is 2.16. The van der Waals surface area contributed by atoms with Crippen LogP contribution in [-0.2, 0) is 0 Å². The van der Waals surface area contributed by atoms with Crippen molar-refractivity contribution < 1.29 is 14.3 Å². The van der Waals surface area contributed by atoms with E-state index in [1.54, 1.807) is 11.3 Å². The number of halogens is 1. The van der Waals surface area contributed by atoms with Gasteiger partial charge in [0, 0.05) is 10.6 Å². The van der Waals surface area contributed by atoms with Crippen molar-refractivity contribution in [2.24, 2.45) is 0 Å². The third kappa shape index (κ3) is 3.36. The number of nitrogens with one attached hydrogen (secondary N) is 1. The van der Waals surface area contributed by atoms with Crippen molar-refractivity contribution in [2.75, 3.05) is 5.32 Å². The van der Waals surface area contributed by atoms with Gasteiger partial charge in [-0.15, -0.1) is 11.3 Å². The molecule has 1 aromatic heterocycles. The molecule has 1 atom stereocenters. The SMILES string of the molecule is CCCC(Nc1ccc(F)cc1C(=O)O)c1cccs1. The molecule has 0 radical (unpaired) electrons. The zero-order valence-corrected chi connectivity index (χ0v) is 11.9. The lowest BCUT2D eigenvalue weighted by Gasteiger charge is -2.19. The van der Waals surface area contributed by atoms with Gasteiger partial charge in [0.1, 0.15) is 5.82 Å². The van der Waals surface area contributed by atoms with Gasteiger partial charge in [-0.05, 0) is 36.1 Å². The lowest BCUT2D eigenvalue weighted by Crippen LogP contribution is -2.12. The van der Waals surface area contributed by atoms with Crippen LogP contribution in [0.4, 0.5) is 10.1 Å². The number of benzene rings is 1. The molecule has 106 valence electrons. The van der Waals surface area contributed by atoms with E-state index in [-0.39, 0.29) is 11.6 Å². The number of carboxylic acids is 1. The normalized spacial score (nSPS) is 12.1. The first-order valence-electron chi connectivity index (χ1n) is 6.44. The Labute approximate surface area is 121 Å². The van der Waals surface area contributed by atoms with E-state index in [9.17, 15) is 9.18 Å². The van der Waals surface area contributed by atoms with Gasteiger partial charge in [0.15, 0.2) is 0 Å². The first kappa shape index (κ1) is 14.5. The monoisotopic (exact) mass is 293 g/mol. The molecule has 0 amide bonds. The Bertz CT molecular complexity index is 584. The summed E-state index contributed by atoms with van der Waals surface area (Å²) in [6.07, 6.45) is 1.86. The van der Waals surface area contributed by atoms with Crippen LogP contribution in [0.25, 0.3) is 0 Å². The van der Waals surface area contributed by atoms with E-state index in [1.807, 2.05) is 17.5 Å². The van der Waals surface area contributed by atoms with Crippen molar-refractivity contribution in [2.45, 2.75) is 25.8 Å². The lowest BCUT2D eigenvalue weighted by atomic mass is 10.1. The molecular formula is C15H16FNO2S. The quantitative estimate of drug-likeness (QED) is 0.822. The topological polar surface area (TPSA) is 49.3 Å². The molecule has 1 unspecified atom stereocenters. The van der Waals surface area contributed by atoms with Crippen molar-refractivity contribution in [3.63, 3.8) is 0 Å². The van der Waals surface area contributed by atoms with Gasteiger partial charge in [-0.2, -0.15) is 0 Å². The van der Waals surface area contributed by atoms with Crippen molar-refractivity contribution in [3.05, 3.63) is 52.0 Å². The predicted octanol–water partition coefficient (Wildman–Crippen LogP) is 4.54. The molecule has 2 rings (SSSR count). The minimum Gasteiger partial charge on any atom is -0.478 e. The Morgan fingerprint density at radius 2 is 2.25 bits per heavy atom. The maximum Gasteiger partial charge on any atom is 0.337 e. The van der Waals surface area contributed by atoms with Crippen LogP contribution in [0.5, 0.6) is 0 Å².